The van der Waals surface area contributed by atoms with Gasteiger partial charge < -0.3 is 5.32 Å². The minimum atomic E-state index is 0.194. The fourth-order valence-electron chi connectivity index (χ4n) is 1.80. The summed E-state index contributed by atoms with van der Waals surface area (Å²) in [7, 11) is 0. The summed E-state index contributed by atoms with van der Waals surface area (Å²) in [6.07, 6.45) is 1.45. The molecule has 20 heavy (non-hydrogen) atoms. The summed E-state index contributed by atoms with van der Waals surface area (Å²) in [5.74, 6) is 0.194. The highest BCUT2D eigenvalue weighted by Crippen LogP contribution is 2.21. The molecule has 1 aromatic carbocycles. The average Bonchev–Trinajstić information content (AvgIpc) is 2.94. The van der Waals surface area contributed by atoms with Gasteiger partial charge in [0.15, 0.2) is 5.78 Å². The van der Waals surface area contributed by atoms with E-state index >= 15 is 0 Å². The molecule has 0 amide bonds. The zero-order valence-electron chi connectivity index (χ0n) is 11.9. The molecule has 0 aliphatic carbocycles. The summed E-state index contributed by atoms with van der Waals surface area (Å²) < 4.78 is 0. The molecule has 0 fully saturated rings. The Morgan fingerprint density at radius 3 is 2.80 bits per heavy atom. The molecule has 0 saturated heterocycles. The smallest absolute Gasteiger partial charge is 0.153 e. The molecule has 0 aliphatic heterocycles. The molecule has 0 aliphatic rings. The summed E-state index contributed by atoms with van der Waals surface area (Å²) in [6, 6.07) is 10.4. The van der Waals surface area contributed by atoms with E-state index in [1.54, 1.807) is 11.3 Å². The van der Waals surface area contributed by atoms with Crippen LogP contribution in [0.4, 0.5) is 0 Å². The first-order chi connectivity index (χ1) is 9.69. The van der Waals surface area contributed by atoms with E-state index in [0.717, 1.165) is 22.7 Å². The van der Waals surface area contributed by atoms with Gasteiger partial charge >= 0.3 is 0 Å². The van der Waals surface area contributed by atoms with Crippen molar-refractivity contribution in [3.63, 3.8) is 0 Å². The third-order valence-electron chi connectivity index (χ3n) is 3.23. The zero-order valence-corrected chi connectivity index (χ0v) is 12.7. The number of hydrogen-bond donors (Lipinski definition) is 1. The molecule has 1 unspecified atom stereocenters. The van der Waals surface area contributed by atoms with Gasteiger partial charge in [-0.3, -0.25) is 4.79 Å². The number of benzene rings is 1. The minimum Gasteiger partial charge on any atom is -0.307 e. The van der Waals surface area contributed by atoms with Crippen molar-refractivity contribution in [2.24, 2.45) is 0 Å². The first-order valence-electron chi connectivity index (χ1n) is 6.94. The summed E-state index contributed by atoms with van der Waals surface area (Å²) in [4.78, 5) is 16.4. The van der Waals surface area contributed by atoms with Crippen LogP contribution in [0.3, 0.4) is 0 Å². The molecule has 2 aromatic rings. The van der Waals surface area contributed by atoms with E-state index in [-0.39, 0.29) is 5.78 Å². The Morgan fingerprint density at radius 2 is 2.10 bits per heavy atom. The molecule has 1 atom stereocenters. The molecule has 1 heterocycles. The van der Waals surface area contributed by atoms with Crippen molar-refractivity contribution in [3.05, 3.63) is 40.7 Å². The third-order valence-corrected chi connectivity index (χ3v) is 4.08. The predicted octanol–water partition coefficient (Wildman–Crippen LogP) is 3.31. The Bertz CT molecular complexity index is 551. The monoisotopic (exact) mass is 288 g/mol. The second-order valence-electron chi connectivity index (χ2n) is 4.90. The molecule has 4 heteroatoms. The highest BCUT2D eigenvalue weighted by atomic mass is 32.1. The highest BCUT2D eigenvalue weighted by molar-refractivity contribution is 7.10. The van der Waals surface area contributed by atoms with Crippen LogP contribution in [0.15, 0.2) is 35.7 Å². The highest BCUT2D eigenvalue weighted by Gasteiger charge is 2.09. The summed E-state index contributed by atoms with van der Waals surface area (Å²) in [5.41, 5.74) is 2.05. The number of hydrogen-bond acceptors (Lipinski definition) is 4. The quantitative estimate of drug-likeness (QED) is 0.850. The fourth-order valence-corrected chi connectivity index (χ4v) is 2.63. The number of thiazole rings is 1. The van der Waals surface area contributed by atoms with Gasteiger partial charge in [-0.25, -0.2) is 4.98 Å². The number of carbonyl (C=O) groups excluding carboxylic acids is 1. The lowest BCUT2D eigenvalue weighted by Gasteiger charge is -2.09. The summed E-state index contributed by atoms with van der Waals surface area (Å²) >= 11 is 1.55. The number of rotatable bonds is 7. The van der Waals surface area contributed by atoms with E-state index in [4.69, 9.17) is 0 Å². The van der Waals surface area contributed by atoms with Gasteiger partial charge in [0.2, 0.25) is 0 Å². The molecule has 1 aromatic heterocycles. The van der Waals surface area contributed by atoms with Crippen molar-refractivity contribution < 1.29 is 4.79 Å². The van der Waals surface area contributed by atoms with Crippen LogP contribution in [0, 0.1) is 0 Å². The molecule has 106 valence electrons. The molecule has 0 radical (unpaired) electrons. The van der Waals surface area contributed by atoms with Crippen LogP contribution in [0.5, 0.6) is 0 Å². The van der Waals surface area contributed by atoms with Gasteiger partial charge in [-0.2, -0.15) is 0 Å². The first kappa shape index (κ1) is 14.9. The molecule has 0 spiro atoms. The Labute approximate surface area is 124 Å². The second kappa shape index (κ2) is 7.31. The van der Waals surface area contributed by atoms with Crippen LogP contribution < -0.4 is 5.32 Å². The standard InChI is InChI=1S/C16H20N2OS/c1-3-12(2)17-10-14(19)9-16-18-15(11-20-16)13-7-5-4-6-8-13/h4-8,11-12,17H,3,9-10H2,1-2H3. The van der Waals surface area contributed by atoms with Crippen molar-refractivity contribution in [2.75, 3.05) is 6.54 Å². The Morgan fingerprint density at radius 1 is 1.35 bits per heavy atom. The van der Waals surface area contributed by atoms with E-state index in [1.165, 1.54) is 0 Å². The van der Waals surface area contributed by atoms with Crippen molar-refractivity contribution >= 4 is 17.1 Å². The minimum absolute atomic E-state index is 0.194. The van der Waals surface area contributed by atoms with E-state index in [0.29, 0.717) is 19.0 Å². The Kier molecular flexibility index (Phi) is 5.44. The molecule has 1 N–H and O–H groups in total. The van der Waals surface area contributed by atoms with Gasteiger partial charge in [-0.05, 0) is 13.3 Å². The first-order valence-corrected chi connectivity index (χ1v) is 7.82. The van der Waals surface area contributed by atoms with Gasteiger partial charge in [-0.1, -0.05) is 37.3 Å². The lowest BCUT2D eigenvalue weighted by Crippen LogP contribution is -2.31. The normalized spacial score (nSPS) is 12.3. The van der Waals surface area contributed by atoms with Crippen LogP contribution in [0.1, 0.15) is 25.3 Å². The average molecular weight is 288 g/mol. The van der Waals surface area contributed by atoms with Crippen LogP contribution in [-0.4, -0.2) is 23.4 Å². The molecular weight excluding hydrogens is 268 g/mol. The molecular formula is C16H20N2OS. The van der Waals surface area contributed by atoms with Gasteiger partial charge in [0, 0.05) is 17.0 Å². The topological polar surface area (TPSA) is 42.0 Å². The summed E-state index contributed by atoms with van der Waals surface area (Å²) in [5, 5.41) is 6.12. The lowest BCUT2D eigenvalue weighted by atomic mass is 10.2. The third kappa shape index (κ3) is 4.25. The van der Waals surface area contributed by atoms with Gasteiger partial charge in [0.1, 0.15) is 5.01 Å². The van der Waals surface area contributed by atoms with Crippen LogP contribution in [0.2, 0.25) is 0 Å². The van der Waals surface area contributed by atoms with Crippen LogP contribution >= 0.6 is 11.3 Å². The van der Waals surface area contributed by atoms with Crippen LogP contribution in [-0.2, 0) is 11.2 Å². The second-order valence-corrected chi connectivity index (χ2v) is 5.84. The van der Waals surface area contributed by atoms with E-state index in [9.17, 15) is 4.79 Å². The molecule has 0 saturated carbocycles. The van der Waals surface area contributed by atoms with Gasteiger partial charge in [0.25, 0.3) is 0 Å². The van der Waals surface area contributed by atoms with Gasteiger partial charge in [0.05, 0.1) is 18.7 Å². The van der Waals surface area contributed by atoms with Crippen molar-refractivity contribution in [3.8, 4) is 11.3 Å². The Hall–Kier alpha value is -1.52. The number of aromatic nitrogens is 1. The number of Topliss-reactive ketones (excluding diaryl/α,β-unsaturated/α-hetero) is 1. The zero-order chi connectivity index (χ0) is 14.4. The number of nitrogens with one attached hydrogen (secondary N) is 1. The van der Waals surface area contributed by atoms with Crippen molar-refractivity contribution in [1.82, 2.24) is 10.3 Å². The number of nitrogens with zero attached hydrogens (tertiary/aromatic N) is 1. The fraction of sp³-hybridized carbons (Fsp3) is 0.375. The number of carbonyl (C=O) groups is 1. The molecule has 2 rings (SSSR count). The SMILES string of the molecule is CCC(C)NCC(=O)Cc1nc(-c2ccccc2)cs1. The number of ketones is 1. The van der Waals surface area contributed by atoms with Crippen LogP contribution in [0.25, 0.3) is 11.3 Å². The molecule has 3 nitrogen and oxygen atoms in total. The summed E-state index contributed by atoms with van der Waals surface area (Å²) in [6.45, 7) is 4.62. The lowest BCUT2D eigenvalue weighted by molar-refractivity contribution is -0.117. The Balaban J connectivity index is 1.91. The predicted molar refractivity (Wildman–Crippen MR) is 84.0 cm³/mol. The van der Waals surface area contributed by atoms with Crippen molar-refractivity contribution in [2.45, 2.75) is 32.7 Å². The largest absolute Gasteiger partial charge is 0.307 e. The van der Waals surface area contributed by atoms with E-state index in [2.05, 4.69) is 24.1 Å². The van der Waals surface area contributed by atoms with Gasteiger partial charge in [-0.15, -0.1) is 11.3 Å². The maximum absolute atomic E-state index is 11.9. The molecule has 0 bridgehead atoms. The van der Waals surface area contributed by atoms with E-state index < -0.39 is 0 Å². The maximum atomic E-state index is 11.9. The van der Waals surface area contributed by atoms with E-state index in [1.807, 2.05) is 35.7 Å². The van der Waals surface area contributed by atoms with Crippen molar-refractivity contribution in [1.29, 1.82) is 0 Å². The maximum Gasteiger partial charge on any atom is 0.153 e.